The molecule has 8 nitrogen and oxygen atoms in total. The lowest BCUT2D eigenvalue weighted by Crippen LogP contribution is -2.32. The molecule has 0 spiro atoms. The van der Waals surface area contributed by atoms with Crippen LogP contribution >= 0.6 is 15.9 Å². The van der Waals surface area contributed by atoms with Crippen molar-refractivity contribution in [3.8, 4) is 5.75 Å². The third-order valence-corrected chi connectivity index (χ3v) is 6.68. The van der Waals surface area contributed by atoms with Crippen molar-refractivity contribution in [1.82, 2.24) is 9.78 Å². The maximum absolute atomic E-state index is 13.6. The van der Waals surface area contributed by atoms with Crippen molar-refractivity contribution in [3.05, 3.63) is 112 Å². The second kappa shape index (κ2) is 10.5. The number of hydrogen-bond donors (Lipinski definition) is 3. The first kappa shape index (κ1) is 25.2. The highest BCUT2D eigenvalue weighted by Gasteiger charge is 2.35. The van der Waals surface area contributed by atoms with Crippen molar-refractivity contribution in [3.63, 3.8) is 0 Å². The van der Waals surface area contributed by atoms with E-state index in [4.69, 9.17) is 4.74 Å². The zero-order valence-corrected chi connectivity index (χ0v) is 22.0. The summed E-state index contributed by atoms with van der Waals surface area (Å²) in [5.74, 6) is -0.00866. The third-order valence-electron chi connectivity index (χ3n) is 6.15. The Kier molecular flexibility index (Phi) is 6.97. The molecule has 10 heteroatoms. The van der Waals surface area contributed by atoms with E-state index in [9.17, 15) is 14.0 Å². The number of carbonyl (C=O) groups is 2. The second-order valence-electron chi connectivity index (χ2n) is 8.61. The summed E-state index contributed by atoms with van der Waals surface area (Å²) in [6.45, 7) is 1.78. The monoisotopic (exact) mass is 575 g/mol. The van der Waals surface area contributed by atoms with Gasteiger partial charge in [-0.15, -0.1) is 0 Å². The van der Waals surface area contributed by atoms with Crippen molar-refractivity contribution >= 4 is 44.9 Å². The minimum Gasteiger partial charge on any atom is -0.497 e. The molecule has 0 bridgehead atoms. The Balaban J connectivity index is 1.51. The minimum atomic E-state index is -0.607. The van der Waals surface area contributed by atoms with E-state index < -0.39 is 17.8 Å². The Morgan fingerprint density at radius 1 is 0.947 bits per heavy atom. The normalized spacial score (nSPS) is 14.4. The van der Waals surface area contributed by atoms with Gasteiger partial charge in [-0.1, -0.05) is 28.1 Å². The number of nitrogens with zero attached hydrogens (tertiary/aromatic N) is 2. The van der Waals surface area contributed by atoms with E-state index in [0.717, 1.165) is 10.0 Å². The Bertz CT molecular complexity index is 1530. The first-order valence-corrected chi connectivity index (χ1v) is 12.5. The maximum atomic E-state index is 13.6. The van der Waals surface area contributed by atoms with Crippen LogP contribution in [0.3, 0.4) is 0 Å². The number of methoxy groups -OCH3 is 1. The zero-order chi connectivity index (χ0) is 26.8. The fourth-order valence-electron chi connectivity index (χ4n) is 4.27. The van der Waals surface area contributed by atoms with Gasteiger partial charge >= 0.3 is 0 Å². The standard InChI is InChI=1S/C28H23BrFN5O3/c1-16-24(28(37)34-21-11-13-22(38-2)14-12-21)25(17-3-5-18(29)6-4-17)35-26(32-16)23(15-31-35)27(36)33-20-9-7-19(30)8-10-20/h3-15,25,32H,1-2H3,(H,33,36)(H,34,37)/t25-/m1/s1. The summed E-state index contributed by atoms with van der Waals surface area (Å²) in [4.78, 5) is 26.7. The van der Waals surface area contributed by atoms with Gasteiger partial charge in [-0.25, -0.2) is 9.07 Å². The van der Waals surface area contributed by atoms with Gasteiger partial charge in [0, 0.05) is 21.5 Å². The predicted molar refractivity (Wildman–Crippen MR) is 147 cm³/mol. The summed E-state index contributed by atoms with van der Waals surface area (Å²) in [6, 6.07) is 19.5. The number of rotatable bonds is 6. The van der Waals surface area contributed by atoms with Crippen LogP contribution < -0.4 is 20.7 Å². The van der Waals surface area contributed by atoms with E-state index in [1.165, 1.54) is 30.5 Å². The lowest BCUT2D eigenvalue weighted by molar-refractivity contribution is -0.113. The first-order valence-electron chi connectivity index (χ1n) is 11.7. The molecule has 38 heavy (non-hydrogen) atoms. The molecule has 0 fully saturated rings. The van der Waals surface area contributed by atoms with Crippen LogP contribution in [0.25, 0.3) is 0 Å². The van der Waals surface area contributed by atoms with Gasteiger partial charge in [0.05, 0.1) is 18.9 Å². The highest BCUT2D eigenvalue weighted by Crippen LogP contribution is 2.38. The van der Waals surface area contributed by atoms with Crippen molar-refractivity contribution in [2.45, 2.75) is 13.0 Å². The van der Waals surface area contributed by atoms with E-state index >= 15 is 0 Å². The largest absolute Gasteiger partial charge is 0.497 e. The van der Waals surface area contributed by atoms with Gasteiger partial charge in [-0.3, -0.25) is 9.59 Å². The number of ether oxygens (including phenoxy) is 1. The molecular formula is C28H23BrFN5O3. The molecule has 2 amide bonds. The molecule has 192 valence electrons. The molecule has 3 N–H and O–H groups in total. The van der Waals surface area contributed by atoms with Crippen molar-refractivity contribution in [1.29, 1.82) is 0 Å². The van der Waals surface area contributed by atoms with Gasteiger partial charge in [0.15, 0.2) is 0 Å². The quantitative estimate of drug-likeness (QED) is 0.263. The van der Waals surface area contributed by atoms with Crippen molar-refractivity contribution in [2.75, 3.05) is 23.1 Å². The molecule has 2 heterocycles. The minimum absolute atomic E-state index is 0.283. The molecule has 1 aromatic heterocycles. The summed E-state index contributed by atoms with van der Waals surface area (Å²) >= 11 is 3.46. The molecule has 0 saturated carbocycles. The molecule has 0 aliphatic carbocycles. The number of halogens is 2. The molecular weight excluding hydrogens is 553 g/mol. The fourth-order valence-corrected chi connectivity index (χ4v) is 4.54. The van der Waals surface area contributed by atoms with E-state index in [1.807, 2.05) is 24.3 Å². The van der Waals surface area contributed by atoms with Gasteiger partial charge in [-0.05, 0) is 73.2 Å². The number of hydrogen-bond acceptors (Lipinski definition) is 5. The molecule has 1 aliphatic heterocycles. The van der Waals surface area contributed by atoms with Gasteiger partial charge in [-0.2, -0.15) is 5.10 Å². The zero-order valence-electron chi connectivity index (χ0n) is 20.5. The number of allylic oxidation sites excluding steroid dienone is 1. The summed E-state index contributed by atoms with van der Waals surface area (Å²) in [7, 11) is 1.58. The first-order chi connectivity index (χ1) is 18.3. The van der Waals surface area contributed by atoms with Gasteiger partial charge < -0.3 is 20.7 Å². The average Bonchev–Trinajstić information content (AvgIpc) is 3.33. The van der Waals surface area contributed by atoms with E-state index in [0.29, 0.717) is 34.2 Å². The van der Waals surface area contributed by atoms with Gasteiger partial charge in [0.1, 0.15) is 29.0 Å². The summed E-state index contributed by atoms with van der Waals surface area (Å²) in [5.41, 5.74) is 3.17. The van der Waals surface area contributed by atoms with Crippen LogP contribution in [0.5, 0.6) is 5.75 Å². The molecule has 0 unspecified atom stereocenters. The Morgan fingerprint density at radius 3 is 2.18 bits per heavy atom. The lowest BCUT2D eigenvalue weighted by atomic mass is 9.94. The van der Waals surface area contributed by atoms with Crippen LogP contribution in [0, 0.1) is 5.82 Å². The molecule has 0 radical (unpaired) electrons. The Morgan fingerprint density at radius 2 is 1.55 bits per heavy atom. The predicted octanol–water partition coefficient (Wildman–Crippen LogP) is 5.97. The number of benzene rings is 3. The molecule has 1 aliphatic rings. The van der Waals surface area contributed by atoms with E-state index in [-0.39, 0.29) is 11.5 Å². The summed E-state index contributed by atoms with van der Waals surface area (Å²) < 4.78 is 21.0. The summed E-state index contributed by atoms with van der Waals surface area (Å²) in [5, 5.41) is 13.4. The number of aromatic nitrogens is 2. The lowest BCUT2D eigenvalue weighted by Gasteiger charge is -2.30. The maximum Gasteiger partial charge on any atom is 0.261 e. The molecule has 1 atom stereocenters. The van der Waals surface area contributed by atoms with E-state index in [2.05, 4.69) is 37.0 Å². The number of anilines is 3. The molecule has 4 aromatic rings. The SMILES string of the molecule is COc1ccc(NC(=O)C2=C(C)Nc3c(C(=O)Nc4ccc(F)cc4)cnn3[C@@H]2c2ccc(Br)cc2)cc1. The topological polar surface area (TPSA) is 97.3 Å². The number of carbonyl (C=O) groups excluding carboxylic acids is 2. The van der Waals surface area contributed by atoms with Crippen molar-refractivity contribution in [2.24, 2.45) is 0 Å². The van der Waals surface area contributed by atoms with Crippen LogP contribution in [0.15, 0.2) is 94.7 Å². The highest BCUT2D eigenvalue weighted by atomic mass is 79.9. The Labute approximate surface area is 226 Å². The second-order valence-corrected chi connectivity index (χ2v) is 9.53. The van der Waals surface area contributed by atoms with Crippen LogP contribution in [-0.4, -0.2) is 28.7 Å². The Hall–Kier alpha value is -4.44. The van der Waals surface area contributed by atoms with Crippen molar-refractivity contribution < 1.29 is 18.7 Å². The third kappa shape index (κ3) is 5.03. The number of nitrogens with one attached hydrogen (secondary N) is 3. The average molecular weight is 576 g/mol. The van der Waals surface area contributed by atoms with Gasteiger partial charge in [0.2, 0.25) is 0 Å². The van der Waals surface area contributed by atoms with Crippen LogP contribution in [-0.2, 0) is 4.79 Å². The summed E-state index contributed by atoms with van der Waals surface area (Å²) in [6.07, 6.45) is 1.45. The number of fused-ring (bicyclic) bond motifs is 1. The van der Waals surface area contributed by atoms with Crippen LogP contribution in [0.1, 0.15) is 28.9 Å². The highest BCUT2D eigenvalue weighted by molar-refractivity contribution is 9.10. The number of amides is 2. The van der Waals surface area contributed by atoms with Crippen LogP contribution in [0.2, 0.25) is 0 Å². The fraction of sp³-hybridized carbons (Fsp3) is 0.107. The van der Waals surface area contributed by atoms with E-state index in [1.54, 1.807) is 43.0 Å². The molecule has 5 rings (SSSR count). The van der Waals surface area contributed by atoms with Gasteiger partial charge in [0.25, 0.3) is 11.8 Å². The molecule has 0 saturated heterocycles. The van der Waals surface area contributed by atoms with Crippen LogP contribution in [0.4, 0.5) is 21.6 Å². The molecule has 3 aromatic carbocycles. The smallest absolute Gasteiger partial charge is 0.261 e.